The highest BCUT2D eigenvalue weighted by atomic mass is 79.9. The number of hydrogen-bond donors (Lipinski definition) is 1. The highest BCUT2D eigenvalue weighted by Crippen LogP contribution is 2.21. The van der Waals surface area contributed by atoms with Crippen LogP contribution in [0.25, 0.3) is 0 Å². The van der Waals surface area contributed by atoms with Crippen LogP contribution in [0.5, 0.6) is 5.75 Å². The van der Waals surface area contributed by atoms with Gasteiger partial charge in [-0.15, -0.1) is 0 Å². The Labute approximate surface area is 135 Å². The minimum atomic E-state index is 0.300. The lowest BCUT2D eigenvalue weighted by Gasteiger charge is -2.16. The van der Waals surface area contributed by atoms with Crippen LogP contribution >= 0.6 is 15.9 Å². The fourth-order valence-electron chi connectivity index (χ4n) is 2.20. The minimum Gasteiger partial charge on any atom is -0.494 e. The van der Waals surface area contributed by atoms with Gasteiger partial charge in [0, 0.05) is 17.1 Å². The lowest BCUT2D eigenvalue weighted by Crippen LogP contribution is -2.18. The topological polar surface area (TPSA) is 21.3 Å². The molecule has 0 aromatic heterocycles. The minimum absolute atomic E-state index is 0.300. The highest BCUT2D eigenvalue weighted by Gasteiger charge is 2.07. The van der Waals surface area contributed by atoms with Crippen LogP contribution in [0.3, 0.4) is 0 Å². The summed E-state index contributed by atoms with van der Waals surface area (Å²) in [5.41, 5.74) is 3.81. The Bertz CT molecular complexity index is 580. The first-order valence-electron chi connectivity index (χ1n) is 7.31. The Hall–Kier alpha value is -1.32. The van der Waals surface area contributed by atoms with E-state index in [-0.39, 0.29) is 0 Å². The molecule has 0 saturated carbocycles. The van der Waals surface area contributed by atoms with Crippen LogP contribution in [0.15, 0.2) is 46.9 Å². The maximum Gasteiger partial charge on any atom is 0.119 e. The number of benzene rings is 2. The van der Waals surface area contributed by atoms with E-state index in [1.54, 1.807) is 0 Å². The van der Waals surface area contributed by atoms with Crippen LogP contribution in [0.1, 0.15) is 36.6 Å². The van der Waals surface area contributed by atoms with E-state index < -0.39 is 0 Å². The number of hydrogen-bond acceptors (Lipinski definition) is 2. The Morgan fingerprint density at radius 3 is 2.48 bits per heavy atom. The number of rotatable bonds is 6. The van der Waals surface area contributed by atoms with Gasteiger partial charge in [-0.25, -0.2) is 0 Å². The molecule has 1 unspecified atom stereocenters. The molecular formula is C18H22BrNO. The third-order valence-electron chi connectivity index (χ3n) is 3.50. The Kier molecular flexibility index (Phi) is 5.83. The largest absolute Gasteiger partial charge is 0.494 e. The molecule has 0 aliphatic heterocycles. The fraction of sp³-hybridized carbons (Fsp3) is 0.333. The summed E-state index contributed by atoms with van der Waals surface area (Å²) < 4.78 is 6.63. The molecule has 0 heterocycles. The molecule has 21 heavy (non-hydrogen) atoms. The number of ether oxygens (including phenoxy) is 1. The molecule has 1 atom stereocenters. The van der Waals surface area contributed by atoms with Crippen molar-refractivity contribution in [2.24, 2.45) is 0 Å². The molecule has 0 fully saturated rings. The standard InChI is InChI=1S/C18H22BrNO/c1-4-21-17-9-7-15(8-10-17)14(3)20-12-16-6-5-13(2)11-18(16)19/h5-11,14,20H,4,12H2,1-3H3. The van der Waals surface area contributed by atoms with E-state index in [4.69, 9.17) is 4.74 Å². The lowest BCUT2D eigenvalue weighted by molar-refractivity contribution is 0.340. The van der Waals surface area contributed by atoms with Gasteiger partial charge in [-0.2, -0.15) is 0 Å². The van der Waals surface area contributed by atoms with E-state index in [9.17, 15) is 0 Å². The molecule has 0 aliphatic carbocycles. The summed E-state index contributed by atoms with van der Waals surface area (Å²) in [6.07, 6.45) is 0. The van der Waals surface area contributed by atoms with E-state index in [0.29, 0.717) is 12.6 Å². The Morgan fingerprint density at radius 1 is 1.14 bits per heavy atom. The predicted molar refractivity (Wildman–Crippen MR) is 91.7 cm³/mol. The first-order chi connectivity index (χ1) is 10.1. The van der Waals surface area contributed by atoms with Crippen LogP contribution < -0.4 is 10.1 Å². The van der Waals surface area contributed by atoms with E-state index in [2.05, 4.69) is 65.4 Å². The third kappa shape index (κ3) is 4.58. The van der Waals surface area contributed by atoms with E-state index in [1.165, 1.54) is 16.7 Å². The van der Waals surface area contributed by atoms with Crippen LogP contribution in [0.4, 0.5) is 0 Å². The van der Waals surface area contributed by atoms with Crippen LogP contribution in [-0.2, 0) is 6.54 Å². The predicted octanol–water partition coefficient (Wildman–Crippen LogP) is 5.01. The molecule has 0 radical (unpaired) electrons. The van der Waals surface area contributed by atoms with Gasteiger partial charge in [-0.05, 0) is 55.7 Å². The number of halogens is 1. The fourth-order valence-corrected chi connectivity index (χ4v) is 2.83. The summed E-state index contributed by atoms with van der Waals surface area (Å²) in [4.78, 5) is 0. The van der Waals surface area contributed by atoms with Gasteiger partial charge in [-0.3, -0.25) is 0 Å². The van der Waals surface area contributed by atoms with E-state index >= 15 is 0 Å². The summed E-state index contributed by atoms with van der Waals surface area (Å²) in [7, 11) is 0. The van der Waals surface area contributed by atoms with Crippen LogP contribution in [-0.4, -0.2) is 6.61 Å². The van der Waals surface area contributed by atoms with Crippen LogP contribution in [0.2, 0.25) is 0 Å². The molecule has 2 aromatic carbocycles. The van der Waals surface area contributed by atoms with Gasteiger partial charge in [0.2, 0.25) is 0 Å². The van der Waals surface area contributed by atoms with Crippen molar-refractivity contribution in [3.8, 4) is 5.75 Å². The van der Waals surface area contributed by atoms with Crippen LogP contribution in [0, 0.1) is 6.92 Å². The summed E-state index contributed by atoms with van der Waals surface area (Å²) in [6.45, 7) is 7.82. The average Bonchev–Trinajstić information content (AvgIpc) is 2.47. The van der Waals surface area contributed by atoms with Crippen molar-refractivity contribution >= 4 is 15.9 Å². The summed E-state index contributed by atoms with van der Waals surface area (Å²) in [5, 5.41) is 3.56. The zero-order chi connectivity index (χ0) is 15.2. The van der Waals surface area contributed by atoms with E-state index in [1.807, 2.05) is 19.1 Å². The van der Waals surface area contributed by atoms with Gasteiger partial charge in [0.15, 0.2) is 0 Å². The van der Waals surface area contributed by atoms with Gasteiger partial charge in [0.05, 0.1) is 6.61 Å². The summed E-state index contributed by atoms with van der Waals surface area (Å²) in [6, 6.07) is 15.0. The second kappa shape index (κ2) is 7.62. The van der Waals surface area contributed by atoms with Gasteiger partial charge in [0.1, 0.15) is 5.75 Å². The highest BCUT2D eigenvalue weighted by molar-refractivity contribution is 9.10. The van der Waals surface area contributed by atoms with Crippen molar-refractivity contribution in [2.45, 2.75) is 33.4 Å². The molecule has 112 valence electrons. The first-order valence-corrected chi connectivity index (χ1v) is 8.10. The summed E-state index contributed by atoms with van der Waals surface area (Å²) >= 11 is 3.62. The molecular weight excluding hydrogens is 326 g/mol. The summed E-state index contributed by atoms with van der Waals surface area (Å²) in [5.74, 6) is 0.926. The zero-order valence-corrected chi connectivity index (χ0v) is 14.4. The zero-order valence-electron chi connectivity index (χ0n) is 12.8. The van der Waals surface area contributed by atoms with Crippen molar-refractivity contribution in [3.63, 3.8) is 0 Å². The molecule has 2 nitrogen and oxygen atoms in total. The van der Waals surface area contributed by atoms with Gasteiger partial charge < -0.3 is 10.1 Å². The van der Waals surface area contributed by atoms with Crippen molar-refractivity contribution in [1.82, 2.24) is 5.32 Å². The Balaban J connectivity index is 1.96. The smallest absolute Gasteiger partial charge is 0.119 e. The Morgan fingerprint density at radius 2 is 1.86 bits per heavy atom. The van der Waals surface area contributed by atoms with Crippen molar-refractivity contribution in [1.29, 1.82) is 0 Å². The molecule has 2 rings (SSSR count). The quantitative estimate of drug-likeness (QED) is 0.793. The lowest BCUT2D eigenvalue weighted by atomic mass is 10.1. The van der Waals surface area contributed by atoms with E-state index in [0.717, 1.165) is 16.8 Å². The van der Waals surface area contributed by atoms with Gasteiger partial charge >= 0.3 is 0 Å². The van der Waals surface area contributed by atoms with Crippen molar-refractivity contribution in [2.75, 3.05) is 6.61 Å². The molecule has 3 heteroatoms. The second-order valence-electron chi connectivity index (χ2n) is 5.20. The van der Waals surface area contributed by atoms with Crippen molar-refractivity contribution in [3.05, 3.63) is 63.6 Å². The normalized spacial score (nSPS) is 12.2. The molecule has 1 N–H and O–H groups in total. The van der Waals surface area contributed by atoms with Crippen molar-refractivity contribution < 1.29 is 4.74 Å². The number of aryl methyl sites for hydroxylation is 1. The molecule has 0 saturated heterocycles. The maximum atomic E-state index is 5.47. The SMILES string of the molecule is CCOc1ccc(C(C)NCc2ccc(C)cc2Br)cc1. The van der Waals surface area contributed by atoms with Gasteiger partial charge in [-0.1, -0.05) is 40.2 Å². The first kappa shape index (κ1) is 16.1. The third-order valence-corrected chi connectivity index (χ3v) is 4.24. The molecule has 0 aliphatic rings. The maximum absolute atomic E-state index is 5.47. The second-order valence-corrected chi connectivity index (χ2v) is 6.05. The molecule has 0 amide bonds. The molecule has 2 aromatic rings. The molecule has 0 spiro atoms. The number of nitrogens with one attached hydrogen (secondary N) is 1. The monoisotopic (exact) mass is 347 g/mol. The average molecular weight is 348 g/mol. The molecule has 0 bridgehead atoms. The van der Waals surface area contributed by atoms with Gasteiger partial charge in [0.25, 0.3) is 0 Å².